The van der Waals surface area contributed by atoms with E-state index in [-0.39, 0.29) is 55.6 Å². The first kappa shape index (κ1) is 39.0. The van der Waals surface area contributed by atoms with Crippen molar-refractivity contribution in [3.05, 3.63) is 72.2 Å². The van der Waals surface area contributed by atoms with E-state index in [1.54, 1.807) is 30.2 Å². The second-order valence-electron chi connectivity index (χ2n) is 15.3. The van der Waals surface area contributed by atoms with Gasteiger partial charge in [-0.05, 0) is 56.5 Å². The number of benzene rings is 2. The molecule has 3 aliphatic rings. The van der Waals surface area contributed by atoms with Crippen LogP contribution in [-0.4, -0.2) is 133 Å². The summed E-state index contributed by atoms with van der Waals surface area (Å²) < 4.78 is 44.8. The lowest BCUT2D eigenvalue weighted by Crippen LogP contribution is -2.47. The van der Waals surface area contributed by atoms with Gasteiger partial charge in [-0.2, -0.15) is 15.1 Å². The zero-order chi connectivity index (χ0) is 41.8. The largest absolute Gasteiger partial charge is 0.489 e. The Morgan fingerprint density at radius 1 is 1.02 bits per heavy atom. The van der Waals surface area contributed by atoms with E-state index in [1.165, 1.54) is 35.0 Å². The van der Waals surface area contributed by atoms with Crippen LogP contribution in [0.25, 0.3) is 39.0 Å². The number of carboxylic acid groups (broad SMARTS) is 1. The average Bonchev–Trinajstić information content (AvgIpc) is 4.04. The minimum absolute atomic E-state index is 0.105. The van der Waals surface area contributed by atoms with Crippen LogP contribution < -0.4 is 19.9 Å². The molecule has 0 unspecified atom stereocenters. The van der Waals surface area contributed by atoms with Crippen molar-refractivity contribution in [2.45, 2.75) is 57.0 Å². The molecule has 2 saturated heterocycles. The van der Waals surface area contributed by atoms with Gasteiger partial charge in [0, 0.05) is 57.5 Å². The number of amides is 1. The molecule has 4 atom stereocenters. The van der Waals surface area contributed by atoms with E-state index in [4.69, 9.17) is 24.4 Å². The normalized spacial score (nSPS) is 20.8. The molecular weight excluding hydrogens is 781 g/mol. The van der Waals surface area contributed by atoms with E-state index < -0.39 is 35.8 Å². The molecule has 60 heavy (non-hydrogen) atoms. The molecule has 0 saturated carbocycles. The molecule has 0 spiro atoms. The first-order chi connectivity index (χ1) is 29.0. The Morgan fingerprint density at radius 3 is 2.67 bits per heavy atom. The predicted molar refractivity (Wildman–Crippen MR) is 216 cm³/mol. The van der Waals surface area contributed by atoms with Gasteiger partial charge in [-0.15, -0.1) is 0 Å². The number of aliphatic hydroxyl groups is 1. The van der Waals surface area contributed by atoms with Gasteiger partial charge in [0.2, 0.25) is 11.9 Å². The van der Waals surface area contributed by atoms with Crippen molar-refractivity contribution in [2.75, 3.05) is 62.1 Å². The Labute approximate surface area is 342 Å². The van der Waals surface area contributed by atoms with Crippen molar-refractivity contribution in [1.29, 1.82) is 0 Å². The van der Waals surface area contributed by atoms with Crippen molar-refractivity contribution >= 4 is 51.5 Å². The van der Waals surface area contributed by atoms with E-state index >= 15 is 4.39 Å². The number of rotatable bonds is 8. The highest BCUT2D eigenvalue weighted by Gasteiger charge is 2.42. The number of aliphatic carboxylic acids is 1. The number of aliphatic hydroxyl groups excluding tert-OH is 1. The van der Waals surface area contributed by atoms with E-state index in [0.717, 1.165) is 0 Å². The lowest BCUT2D eigenvalue weighted by molar-refractivity contribution is -0.138. The molecule has 4 bridgehead atoms. The molecule has 3 aliphatic heterocycles. The standard InChI is InChI=1S/C41H43F2N11O6/c1-22-45-30-15-24(43)14-27-29-6-4-8-35(47-29)46-25-17-33(39(56)50(2)20-26(59-3)21-52(22)36(27)30)53(19-25)37-28-18-44-54(31-10-9-23(42)16-34(31)60-13-12-55)38(28)49-41(48-37)51-11-5-7-32(51)40(57)58/h4,6,8-10,14-16,18,25-26,32-33,55H,5,7,11-13,17,19-21H2,1-3H3,(H,46,47)(H,57,58)/t25-,26-,32-,33-/m0/s1. The molecule has 9 rings (SSSR count). The molecule has 312 valence electrons. The maximum absolute atomic E-state index is 15.1. The van der Waals surface area contributed by atoms with Crippen LogP contribution in [0.15, 0.2) is 54.7 Å². The number of aromatic nitrogens is 7. The maximum atomic E-state index is 15.1. The van der Waals surface area contributed by atoms with Crippen molar-refractivity contribution in [3.8, 4) is 22.7 Å². The number of carbonyl (C=O) groups is 2. The first-order valence-corrected chi connectivity index (χ1v) is 19.7. The van der Waals surface area contributed by atoms with Gasteiger partial charge in [-0.1, -0.05) is 6.07 Å². The van der Waals surface area contributed by atoms with Crippen LogP contribution in [0.5, 0.6) is 5.75 Å². The van der Waals surface area contributed by atoms with E-state index in [1.807, 2.05) is 34.6 Å². The van der Waals surface area contributed by atoms with Crippen LogP contribution in [0, 0.1) is 18.6 Å². The number of nitrogens with zero attached hydrogens (tertiary/aromatic N) is 10. The van der Waals surface area contributed by atoms with Gasteiger partial charge in [0.05, 0.1) is 47.6 Å². The molecule has 17 nitrogen and oxygen atoms in total. The summed E-state index contributed by atoms with van der Waals surface area (Å²) in [6.07, 6.45) is 2.38. The number of carbonyl (C=O) groups excluding carboxylic acids is 1. The number of ether oxygens (including phenoxy) is 2. The van der Waals surface area contributed by atoms with E-state index in [2.05, 4.69) is 15.4 Å². The zero-order valence-corrected chi connectivity index (χ0v) is 33.1. The zero-order valence-electron chi connectivity index (χ0n) is 33.1. The number of aryl methyl sites for hydroxylation is 1. The lowest BCUT2D eigenvalue weighted by Gasteiger charge is -2.31. The smallest absolute Gasteiger partial charge is 0.326 e. The van der Waals surface area contributed by atoms with Gasteiger partial charge >= 0.3 is 5.97 Å². The highest BCUT2D eigenvalue weighted by atomic mass is 19.1. The third kappa shape index (κ3) is 6.96. The van der Waals surface area contributed by atoms with Crippen molar-refractivity contribution in [1.82, 2.24) is 39.2 Å². The Hall–Kier alpha value is -6.47. The van der Waals surface area contributed by atoms with Crippen molar-refractivity contribution < 1.29 is 38.1 Å². The second-order valence-corrected chi connectivity index (χ2v) is 15.3. The van der Waals surface area contributed by atoms with Crippen LogP contribution in [0.2, 0.25) is 0 Å². The number of anilines is 3. The van der Waals surface area contributed by atoms with Gasteiger partial charge in [0.25, 0.3) is 0 Å². The molecular formula is C41H43F2N11O6. The Balaban J connectivity index is 1.19. The maximum Gasteiger partial charge on any atom is 0.326 e. The summed E-state index contributed by atoms with van der Waals surface area (Å²) in [5, 5.41) is 28.3. The van der Waals surface area contributed by atoms with Crippen LogP contribution in [0.4, 0.5) is 26.4 Å². The molecule has 2 aromatic carbocycles. The summed E-state index contributed by atoms with van der Waals surface area (Å²) >= 11 is 0. The molecule has 6 aromatic rings. The van der Waals surface area contributed by atoms with Crippen LogP contribution in [-0.2, 0) is 20.9 Å². The van der Waals surface area contributed by atoms with Crippen molar-refractivity contribution in [2.24, 2.45) is 0 Å². The van der Waals surface area contributed by atoms with Gasteiger partial charge in [0.1, 0.15) is 59.2 Å². The summed E-state index contributed by atoms with van der Waals surface area (Å²) in [5.74, 6) is -0.493. The van der Waals surface area contributed by atoms with Gasteiger partial charge < -0.3 is 44.3 Å². The number of methoxy groups -OCH3 is 1. The second kappa shape index (κ2) is 15.6. The minimum atomic E-state index is -1.02. The van der Waals surface area contributed by atoms with Crippen LogP contribution >= 0.6 is 0 Å². The number of carboxylic acids is 1. The first-order valence-electron chi connectivity index (χ1n) is 19.7. The SMILES string of the molecule is CO[C@H]1CN(C)C(=O)[C@@H]2C[C@@H](CN2c2nc(N3CCC[C@H]3C(=O)O)nc3c2cnn3-c2ccc(F)cc2OCCO)Nc2cccc(n2)-c2cc(F)cc3nc(C)n(c23)C1. The molecule has 7 heterocycles. The number of hydrogen-bond acceptors (Lipinski definition) is 13. The molecule has 1 amide bonds. The Morgan fingerprint density at radius 2 is 1.87 bits per heavy atom. The molecule has 19 heteroatoms. The van der Waals surface area contributed by atoms with Gasteiger partial charge in [-0.25, -0.2) is 28.2 Å². The summed E-state index contributed by atoms with van der Waals surface area (Å²) in [7, 11) is 3.30. The number of hydrogen-bond donors (Lipinski definition) is 3. The highest BCUT2D eigenvalue weighted by Crippen LogP contribution is 2.38. The fraction of sp³-hybridized carbons (Fsp3) is 0.390. The molecule has 0 aliphatic carbocycles. The number of nitrogens with one attached hydrogen (secondary N) is 1. The summed E-state index contributed by atoms with van der Waals surface area (Å²) in [6.45, 7) is 2.59. The van der Waals surface area contributed by atoms with Gasteiger partial charge in [0.15, 0.2) is 5.65 Å². The fourth-order valence-electron chi connectivity index (χ4n) is 8.71. The Bertz CT molecular complexity index is 2640. The molecule has 4 aromatic heterocycles. The highest BCUT2D eigenvalue weighted by molar-refractivity contribution is 5.95. The quantitative estimate of drug-likeness (QED) is 0.201. The molecule has 2 fully saturated rings. The average molecular weight is 824 g/mol. The lowest BCUT2D eigenvalue weighted by atomic mass is 10.1. The van der Waals surface area contributed by atoms with E-state index in [9.17, 15) is 24.2 Å². The number of imidazole rings is 1. The minimum Gasteiger partial charge on any atom is -0.489 e. The molecule has 0 radical (unpaired) electrons. The van der Waals surface area contributed by atoms with Crippen LogP contribution in [0.3, 0.4) is 0 Å². The number of halogens is 2. The fourth-order valence-corrected chi connectivity index (χ4v) is 8.71. The summed E-state index contributed by atoms with van der Waals surface area (Å²) in [5.41, 5.74) is 2.88. The molecule has 3 N–H and O–H groups in total. The van der Waals surface area contributed by atoms with Gasteiger partial charge in [-0.3, -0.25) is 4.79 Å². The predicted octanol–water partition coefficient (Wildman–Crippen LogP) is 3.78. The number of pyridine rings is 1. The monoisotopic (exact) mass is 823 g/mol. The van der Waals surface area contributed by atoms with Crippen LogP contribution in [0.1, 0.15) is 25.1 Å². The van der Waals surface area contributed by atoms with E-state index in [0.29, 0.717) is 83.2 Å². The number of likely N-dealkylation sites (N-methyl/N-ethyl adjacent to an activating group) is 1. The summed E-state index contributed by atoms with van der Waals surface area (Å²) in [4.78, 5) is 52.0. The van der Waals surface area contributed by atoms with Crippen molar-refractivity contribution in [3.63, 3.8) is 0 Å². The summed E-state index contributed by atoms with van der Waals surface area (Å²) in [6, 6.07) is 10.2. The third-order valence-electron chi connectivity index (χ3n) is 11.5. The third-order valence-corrected chi connectivity index (χ3v) is 11.5. The topological polar surface area (TPSA) is 189 Å². The number of fused-ring (bicyclic) bond motifs is 6. The Kier molecular flexibility index (Phi) is 10.2.